The van der Waals surface area contributed by atoms with Crippen molar-refractivity contribution < 1.29 is 23.5 Å². The van der Waals surface area contributed by atoms with Gasteiger partial charge in [0.05, 0.1) is 19.2 Å². The SMILES string of the molecule is C=CCCCCC(CC)CC(=O)N1C[C@H](Oc2nccc3cc(OC)c(F)cc23)CC1C(=O)NC1(CNSC2(C)CC2)CC1. The molecule has 240 valence electrons. The molecular weight excluding hydrogens is 579 g/mol. The number of halogens is 1. The zero-order valence-corrected chi connectivity index (χ0v) is 27.1. The molecule has 3 atom stereocenters. The van der Waals surface area contributed by atoms with Crippen LogP contribution in [0.4, 0.5) is 4.39 Å². The van der Waals surface area contributed by atoms with Gasteiger partial charge in [-0.25, -0.2) is 9.37 Å². The molecule has 10 heteroatoms. The highest BCUT2D eigenvalue weighted by atomic mass is 32.2. The smallest absolute Gasteiger partial charge is 0.243 e. The van der Waals surface area contributed by atoms with Gasteiger partial charge in [-0.3, -0.25) is 14.3 Å². The molecule has 2 amide bonds. The first-order valence-electron chi connectivity index (χ1n) is 16.1. The van der Waals surface area contributed by atoms with Gasteiger partial charge in [-0.05, 0) is 81.4 Å². The highest BCUT2D eigenvalue weighted by molar-refractivity contribution is 7.99. The number of carbonyl (C=O) groups is 2. The Labute approximate surface area is 265 Å². The zero-order chi connectivity index (χ0) is 31.3. The van der Waals surface area contributed by atoms with E-state index in [4.69, 9.17) is 9.47 Å². The van der Waals surface area contributed by atoms with Crippen LogP contribution in [-0.2, 0) is 9.59 Å². The van der Waals surface area contributed by atoms with Crippen molar-refractivity contribution in [1.29, 1.82) is 0 Å². The molecule has 2 saturated carbocycles. The number of rotatable bonds is 17. The van der Waals surface area contributed by atoms with Crippen molar-refractivity contribution in [3.8, 4) is 11.6 Å². The van der Waals surface area contributed by atoms with Gasteiger partial charge in [-0.1, -0.05) is 37.8 Å². The molecule has 1 aliphatic heterocycles. The van der Waals surface area contributed by atoms with Crippen LogP contribution < -0.4 is 19.5 Å². The average Bonchev–Trinajstić information content (AvgIpc) is 3.90. The molecule has 3 fully saturated rings. The Bertz CT molecular complexity index is 1350. The van der Waals surface area contributed by atoms with Gasteiger partial charge in [0.25, 0.3) is 0 Å². The molecule has 0 spiro atoms. The number of amides is 2. The van der Waals surface area contributed by atoms with Crippen LogP contribution in [0.15, 0.2) is 37.1 Å². The van der Waals surface area contributed by atoms with Crippen LogP contribution in [0.2, 0.25) is 0 Å². The summed E-state index contributed by atoms with van der Waals surface area (Å²) >= 11 is 1.77. The Morgan fingerprint density at radius 1 is 1.27 bits per heavy atom. The molecule has 0 bridgehead atoms. The van der Waals surface area contributed by atoms with E-state index in [0.717, 1.165) is 50.3 Å². The maximum atomic E-state index is 14.6. The van der Waals surface area contributed by atoms with E-state index in [9.17, 15) is 14.0 Å². The van der Waals surface area contributed by atoms with E-state index in [1.165, 1.54) is 26.0 Å². The lowest BCUT2D eigenvalue weighted by atomic mass is 9.94. The summed E-state index contributed by atoms with van der Waals surface area (Å²) in [6.07, 6.45) is 13.1. The van der Waals surface area contributed by atoms with Gasteiger partial charge in [0.2, 0.25) is 17.7 Å². The van der Waals surface area contributed by atoms with Crippen molar-refractivity contribution in [3.63, 3.8) is 0 Å². The number of nitrogens with one attached hydrogen (secondary N) is 2. The predicted molar refractivity (Wildman–Crippen MR) is 173 cm³/mol. The number of benzene rings is 1. The fourth-order valence-electron chi connectivity index (χ4n) is 5.97. The molecule has 1 aromatic carbocycles. The van der Waals surface area contributed by atoms with E-state index in [-0.39, 0.29) is 41.4 Å². The summed E-state index contributed by atoms with van der Waals surface area (Å²) in [4.78, 5) is 33.7. The summed E-state index contributed by atoms with van der Waals surface area (Å²) in [5, 5.41) is 4.55. The second-order valence-electron chi connectivity index (χ2n) is 13.1. The van der Waals surface area contributed by atoms with Crippen LogP contribution in [0.25, 0.3) is 10.8 Å². The van der Waals surface area contributed by atoms with Crippen molar-refractivity contribution in [2.24, 2.45) is 5.92 Å². The molecule has 2 heterocycles. The molecule has 44 heavy (non-hydrogen) atoms. The van der Waals surface area contributed by atoms with E-state index in [0.29, 0.717) is 29.5 Å². The van der Waals surface area contributed by atoms with E-state index in [1.54, 1.807) is 35.2 Å². The first kappa shape index (κ1) is 32.5. The molecule has 8 nitrogen and oxygen atoms in total. The largest absolute Gasteiger partial charge is 0.494 e. The molecular formula is C34H47FN4O4S. The Hall–Kier alpha value is -2.85. The lowest BCUT2D eigenvalue weighted by Gasteiger charge is -2.28. The third-order valence-electron chi connectivity index (χ3n) is 9.40. The standard InChI is InChI=1S/C34H47FN4O4S/c1-5-7-8-9-10-23(6-2)17-30(40)39-21-25(43-32-26-20-27(35)29(42-4)18-24(26)11-16-36-32)19-28(39)31(41)38-34(14-15-34)22-37-44-33(3)12-13-33/h5,11,16,18,20,23,25,28,37H,1,6-10,12-15,17,19,21-22H2,2-4H3,(H,38,41)/t23?,25-,28?/m1/s1. The molecule has 5 rings (SSSR count). The Balaban J connectivity index is 1.29. The van der Waals surface area contributed by atoms with Crippen LogP contribution in [-0.4, -0.2) is 64.3 Å². The number of ether oxygens (including phenoxy) is 2. The molecule has 2 unspecified atom stereocenters. The number of allylic oxidation sites excluding steroid dienone is 1. The fraction of sp³-hybridized carbons (Fsp3) is 0.618. The number of aromatic nitrogens is 1. The van der Waals surface area contributed by atoms with Crippen molar-refractivity contribution in [2.45, 2.75) is 107 Å². The van der Waals surface area contributed by atoms with Gasteiger partial charge < -0.3 is 19.7 Å². The summed E-state index contributed by atoms with van der Waals surface area (Å²) in [5.41, 5.74) is -0.270. The number of likely N-dealkylation sites (tertiary alicyclic amines) is 1. The number of unbranched alkanes of at least 4 members (excludes halogenated alkanes) is 2. The number of carbonyl (C=O) groups excluding carboxylic acids is 2. The third kappa shape index (κ3) is 8.05. The van der Waals surface area contributed by atoms with Gasteiger partial charge in [-0.2, -0.15) is 0 Å². The average molecular weight is 627 g/mol. The lowest BCUT2D eigenvalue weighted by Crippen LogP contribution is -2.52. The summed E-state index contributed by atoms with van der Waals surface area (Å²) in [6.45, 7) is 9.16. The van der Waals surface area contributed by atoms with Gasteiger partial charge in [0.15, 0.2) is 11.6 Å². The molecule has 1 aromatic heterocycles. The van der Waals surface area contributed by atoms with Crippen molar-refractivity contribution >= 4 is 34.5 Å². The van der Waals surface area contributed by atoms with Gasteiger partial charge >= 0.3 is 0 Å². The van der Waals surface area contributed by atoms with Crippen LogP contribution in [0.1, 0.15) is 84.5 Å². The third-order valence-corrected chi connectivity index (χ3v) is 10.6. The lowest BCUT2D eigenvalue weighted by molar-refractivity contribution is -0.139. The highest BCUT2D eigenvalue weighted by Gasteiger charge is 2.49. The van der Waals surface area contributed by atoms with Gasteiger partial charge in [0.1, 0.15) is 12.1 Å². The minimum absolute atomic E-state index is 0.0198. The minimum atomic E-state index is -0.636. The first-order valence-corrected chi connectivity index (χ1v) is 16.9. The fourth-order valence-corrected chi connectivity index (χ4v) is 6.97. The quantitative estimate of drug-likeness (QED) is 0.120. The maximum Gasteiger partial charge on any atom is 0.243 e. The molecule has 2 aromatic rings. The van der Waals surface area contributed by atoms with Gasteiger partial charge in [0, 0.05) is 35.7 Å². The summed E-state index contributed by atoms with van der Waals surface area (Å²) in [7, 11) is 1.43. The predicted octanol–water partition coefficient (Wildman–Crippen LogP) is 6.33. The number of methoxy groups -OCH3 is 1. The van der Waals surface area contributed by atoms with Crippen molar-refractivity contribution in [1.82, 2.24) is 19.9 Å². The van der Waals surface area contributed by atoms with Gasteiger partial charge in [-0.15, -0.1) is 6.58 Å². The molecule has 0 radical (unpaired) electrons. The zero-order valence-electron chi connectivity index (χ0n) is 26.3. The summed E-state index contributed by atoms with van der Waals surface area (Å²) in [6, 6.07) is 4.12. The van der Waals surface area contributed by atoms with Crippen LogP contribution in [0.5, 0.6) is 11.6 Å². The Morgan fingerprint density at radius 3 is 2.75 bits per heavy atom. The second-order valence-corrected chi connectivity index (χ2v) is 14.5. The van der Waals surface area contributed by atoms with Crippen LogP contribution in [0, 0.1) is 11.7 Å². The number of hydrogen-bond donors (Lipinski definition) is 2. The van der Waals surface area contributed by atoms with E-state index < -0.39 is 18.0 Å². The number of pyridine rings is 1. The molecule has 3 aliphatic rings. The topological polar surface area (TPSA) is 92.8 Å². The van der Waals surface area contributed by atoms with Crippen LogP contribution in [0.3, 0.4) is 0 Å². The van der Waals surface area contributed by atoms with E-state index >= 15 is 0 Å². The summed E-state index contributed by atoms with van der Waals surface area (Å²) < 4.78 is 29.9. The maximum absolute atomic E-state index is 14.6. The Morgan fingerprint density at radius 2 is 2.07 bits per heavy atom. The van der Waals surface area contributed by atoms with E-state index in [1.807, 2.05) is 6.08 Å². The number of fused-ring (bicyclic) bond motifs is 1. The Kier molecular flexibility index (Phi) is 10.4. The first-order chi connectivity index (χ1) is 21.2. The monoisotopic (exact) mass is 626 g/mol. The normalized spacial score (nSPS) is 22.0. The molecule has 2 aliphatic carbocycles. The number of nitrogens with zero attached hydrogens (tertiary/aromatic N) is 2. The number of hydrogen-bond acceptors (Lipinski definition) is 7. The second kappa shape index (κ2) is 14.1. The molecule has 1 saturated heterocycles. The summed E-state index contributed by atoms with van der Waals surface area (Å²) in [5.74, 6) is 0.0279. The van der Waals surface area contributed by atoms with Crippen molar-refractivity contribution in [2.75, 3.05) is 20.2 Å². The van der Waals surface area contributed by atoms with E-state index in [2.05, 4.69) is 35.4 Å². The van der Waals surface area contributed by atoms with Crippen LogP contribution >= 0.6 is 11.9 Å². The minimum Gasteiger partial charge on any atom is -0.494 e. The highest BCUT2D eigenvalue weighted by Crippen LogP contribution is 2.47. The van der Waals surface area contributed by atoms with Crippen molar-refractivity contribution in [3.05, 3.63) is 42.9 Å². The molecule has 2 N–H and O–H groups in total.